The number of thioether (sulfide) groups is 1. The van der Waals surface area contributed by atoms with Gasteiger partial charge in [-0.1, -0.05) is 19.1 Å². The molecule has 0 fully saturated rings. The van der Waals surface area contributed by atoms with Crippen molar-refractivity contribution in [2.24, 2.45) is 0 Å². The second-order valence-corrected chi connectivity index (χ2v) is 5.72. The molecule has 0 aliphatic heterocycles. The molecule has 19 heavy (non-hydrogen) atoms. The van der Waals surface area contributed by atoms with E-state index in [0.29, 0.717) is 6.04 Å². The molecule has 0 aliphatic carbocycles. The van der Waals surface area contributed by atoms with E-state index in [4.69, 9.17) is 0 Å². The van der Waals surface area contributed by atoms with Crippen molar-refractivity contribution in [3.63, 3.8) is 0 Å². The first-order valence-corrected chi connectivity index (χ1v) is 7.57. The summed E-state index contributed by atoms with van der Waals surface area (Å²) in [5, 5.41) is 3.48. The molecular weight excluding hydrogens is 268 g/mol. The molecule has 0 aromatic heterocycles. The minimum atomic E-state index is -2.77. The fourth-order valence-corrected chi connectivity index (χ4v) is 2.49. The van der Waals surface area contributed by atoms with Crippen LogP contribution in [0.3, 0.4) is 0 Å². The molecule has 0 radical (unpaired) electrons. The van der Waals surface area contributed by atoms with Gasteiger partial charge in [-0.25, -0.2) is 0 Å². The highest BCUT2D eigenvalue weighted by Gasteiger charge is 2.10. The van der Waals surface area contributed by atoms with E-state index in [1.54, 1.807) is 12.1 Å². The largest absolute Gasteiger partial charge is 0.435 e. The average Bonchev–Trinajstić information content (AvgIpc) is 2.36. The van der Waals surface area contributed by atoms with Gasteiger partial charge in [-0.15, -0.1) is 0 Å². The van der Waals surface area contributed by atoms with Crippen LogP contribution in [0.2, 0.25) is 0 Å². The summed E-state index contributed by atoms with van der Waals surface area (Å²) in [5.41, 5.74) is 1.06. The van der Waals surface area contributed by atoms with Crippen LogP contribution in [0, 0.1) is 0 Å². The molecule has 0 bridgehead atoms. The number of hydrogen-bond acceptors (Lipinski definition) is 3. The monoisotopic (exact) mass is 289 g/mol. The van der Waals surface area contributed by atoms with E-state index < -0.39 is 6.61 Å². The Morgan fingerprint density at radius 3 is 2.37 bits per heavy atom. The molecule has 1 N–H and O–H groups in total. The van der Waals surface area contributed by atoms with Gasteiger partial charge in [0.05, 0.1) is 0 Å². The van der Waals surface area contributed by atoms with Crippen LogP contribution in [0.5, 0.6) is 5.75 Å². The van der Waals surface area contributed by atoms with Crippen LogP contribution in [0.1, 0.15) is 32.4 Å². The zero-order valence-corrected chi connectivity index (χ0v) is 12.3. The third-order valence-corrected chi connectivity index (χ3v) is 3.86. The lowest BCUT2D eigenvalue weighted by atomic mass is 10.1. The Morgan fingerprint density at radius 1 is 1.21 bits per heavy atom. The van der Waals surface area contributed by atoms with Gasteiger partial charge in [-0.3, -0.25) is 0 Å². The summed E-state index contributed by atoms with van der Waals surface area (Å²) >= 11 is 1.90. The van der Waals surface area contributed by atoms with Crippen LogP contribution in [-0.4, -0.2) is 24.2 Å². The van der Waals surface area contributed by atoms with Crippen molar-refractivity contribution in [2.45, 2.75) is 39.5 Å². The summed E-state index contributed by atoms with van der Waals surface area (Å²) in [4.78, 5) is 0. The van der Waals surface area contributed by atoms with Crippen LogP contribution >= 0.6 is 11.8 Å². The molecule has 1 aromatic rings. The van der Waals surface area contributed by atoms with Gasteiger partial charge in [0.2, 0.25) is 0 Å². The molecular formula is C14H21F2NOS. The summed E-state index contributed by atoms with van der Waals surface area (Å²) in [5.74, 6) is 2.37. The molecule has 0 heterocycles. The lowest BCUT2D eigenvalue weighted by Crippen LogP contribution is -2.30. The molecule has 0 saturated heterocycles. The van der Waals surface area contributed by atoms with Crippen molar-refractivity contribution in [1.82, 2.24) is 5.32 Å². The van der Waals surface area contributed by atoms with Crippen molar-refractivity contribution in [1.29, 1.82) is 0 Å². The minimum Gasteiger partial charge on any atom is -0.435 e. The Kier molecular flexibility index (Phi) is 7.16. The molecule has 2 unspecified atom stereocenters. The van der Waals surface area contributed by atoms with E-state index in [1.807, 2.05) is 23.9 Å². The van der Waals surface area contributed by atoms with E-state index in [0.717, 1.165) is 17.1 Å². The number of alkyl halides is 2. The lowest BCUT2D eigenvalue weighted by Gasteiger charge is -2.20. The van der Waals surface area contributed by atoms with Crippen molar-refractivity contribution in [3.05, 3.63) is 29.8 Å². The van der Waals surface area contributed by atoms with Gasteiger partial charge in [0, 0.05) is 17.8 Å². The first-order chi connectivity index (χ1) is 9.02. The van der Waals surface area contributed by atoms with Crippen molar-refractivity contribution in [2.75, 3.05) is 11.5 Å². The Morgan fingerprint density at radius 2 is 1.84 bits per heavy atom. The lowest BCUT2D eigenvalue weighted by molar-refractivity contribution is -0.0498. The first-order valence-electron chi connectivity index (χ1n) is 6.41. The summed E-state index contributed by atoms with van der Waals surface area (Å²) in [7, 11) is 0. The number of rotatable bonds is 8. The van der Waals surface area contributed by atoms with Gasteiger partial charge in [-0.05, 0) is 37.3 Å². The van der Waals surface area contributed by atoms with Crippen LogP contribution in [0.25, 0.3) is 0 Å². The third-order valence-electron chi connectivity index (χ3n) is 2.71. The Hall–Kier alpha value is -0.810. The predicted octanol–water partition coefficient (Wildman–Crippen LogP) is 4.08. The molecule has 1 rings (SSSR count). The molecule has 0 aliphatic rings. The average molecular weight is 289 g/mol. The summed E-state index contributed by atoms with van der Waals surface area (Å²) < 4.78 is 28.4. The first kappa shape index (κ1) is 16.2. The standard InChI is InChI=1S/C14H21F2NOS/c1-4-19-9-10(2)17-11(3)12-5-7-13(8-6-12)18-14(15)16/h5-8,10-11,14,17H,4,9H2,1-3H3. The second-order valence-electron chi connectivity index (χ2n) is 4.40. The third kappa shape index (κ3) is 6.25. The van der Waals surface area contributed by atoms with Crippen LogP contribution < -0.4 is 10.1 Å². The maximum Gasteiger partial charge on any atom is 0.387 e. The molecule has 108 valence electrons. The smallest absolute Gasteiger partial charge is 0.387 e. The molecule has 0 spiro atoms. The number of nitrogens with one attached hydrogen (secondary N) is 1. The van der Waals surface area contributed by atoms with Crippen LogP contribution in [-0.2, 0) is 0 Å². The van der Waals surface area contributed by atoms with Gasteiger partial charge >= 0.3 is 6.61 Å². The highest BCUT2D eigenvalue weighted by molar-refractivity contribution is 7.99. The van der Waals surface area contributed by atoms with Gasteiger partial charge in [-0.2, -0.15) is 20.5 Å². The maximum atomic E-state index is 12.0. The Labute approximate surface area is 117 Å². The SMILES string of the molecule is CCSCC(C)NC(C)c1ccc(OC(F)F)cc1. The summed E-state index contributed by atoms with van der Waals surface area (Å²) in [6.07, 6.45) is 0. The molecule has 5 heteroatoms. The normalized spacial score (nSPS) is 14.4. The highest BCUT2D eigenvalue weighted by Crippen LogP contribution is 2.19. The highest BCUT2D eigenvalue weighted by atomic mass is 32.2. The summed E-state index contributed by atoms with van der Waals surface area (Å²) in [6.45, 7) is 3.58. The van der Waals surface area contributed by atoms with Crippen LogP contribution in [0.4, 0.5) is 8.78 Å². The number of benzene rings is 1. The number of hydrogen-bond donors (Lipinski definition) is 1. The Balaban J connectivity index is 2.50. The fraction of sp³-hybridized carbons (Fsp3) is 0.571. The van der Waals surface area contributed by atoms with E-state index in [1.165, 1.54) is 0 Å². The second kappa shape index (κ2) is 8.38. The van der Waals surface area contributed by atoms with Crippen LogP contribution in [0.15, 0.2) is 24.3 Å². The Bertz CT molecular complexity index is 359. The van der Waals surface area contributed by atoms with E-state index in [2.05, 4.69) is 30.8 Å². The van der Waals surface area contributed by atoms with Crippen molar-refractivity contribution in [3.8, 4) is 5.75 Å². The molecule has 2 nitrogen and oxygen atoms in total. The maximum absolute atomic E-state index is 12.0. The zero-order chi connectivity index (χ0) is 14.3. The molecule has 0 amide bonds. The van der Waals surface area contributed by atoms with E-state index >= 15 is 0 Å². The van der Waals surface area contributed by atoms with Gasteiger partial charge in [0.1, 0.15) is 5.75 Å². The van der Waals surface area contributed by atoms with Crippen molar-refractivity contribution >= 4 is 11.8 Å². The topological polar surface area (TPSA) is 21.3 Å². The van der Waals surface area contributed by atoms with Crippen molar-refractivity contribution < 1.29 is 13.5 Å². The number of halogens is 2. The fourth-order valence-electron chi connectivity index (χ4n) is 1.80. The van der Waals surface area contributed by atoms with Gasteiger partial charge < -0.3 is 10.1 Å². The predicted molar refractivity (Wildman–Crippen MR) is 77.1 cm³/mol. The zero-order valence-electron chi connectivity index (χ0n) is 11.5. The van der Waals surface area contributed by atoms with Gasteiger partial charge in [0.15, 0.2) is 0 Å². The van der Waals surface area contributed by atoms with Gasteiger partial charge in [0.25, 0.3) is 0 Å². The van der Waals surface area contributed by atoms with E-state index in [9.17, 15) is 8.78 Å². The minimum absolute atomic E-state index is 0.188. The van der Waals surface area contributed by atoms with E-state index in [-0.39, 0.29) is 11.8 Å². The molecule has 1 aromatic carbocycles. The quantitative estimate of drug-likeness (QED) is 0.779. The summed E-state index contributed by atoms with van der Waals surface area (Å²) in [6, 6.07) is 7.38. The molecule has 0 saturated carbocycles. The molecule has 2 atom stereocenters. The number of ether oxygens (including phenoxy) is 1.